The minimum Gasteiger partial charge on any atom is -0.299 e. The fourth-order valence-corrected chi connectivity index (χ4v) is 2.74. The molecule has 0 unspecified atom stereocenters. The highest BCUT2D eigenvalue weighted by Gasteiger charge is 2.20. The highest BCUT2D eigenvalue weighted by molar-refractivity contribution is 6.36. The van der Waals surface area contributed by atoms with Crippen LogP contribution in [0.25, 0.3) is 0 Å². The van der Waals surface area contributed by atoms with Gasteiger partial charge in [0, 0.05) is 17.1 Å². The zero-order valence-corrected chi connectivity index (χ0v) is 12.0. The Balaban J connectivity index is 1.93. The summed E-state index contributed by atoms with van der Waals surface area (Å²) in [7, 11) is 1.99. The van der Waals surface area contributed by atoms with Crippen molar-refractivity contribution in [3.63, 3.8) is 0 Å². The lowest BCUT2D eigenvalue weighted by molar-refractivity contribution is 0.0925. The van der Waals surface area contributed by atoms with Gasteiger partial charge in [-0.3, -0.25) is 9.69 Å². The molecule has 2 nitrogen and oxygen atoms in total. The van der Waals surface area contributed by atoms with E-state index in [1.54, 1.807) is 18.2 Å². The van der Waals surface area contributed by atoms with Crippen molar-refractivity contribution >= 4 is 29.0 Å². The van der Waals surface area contributed by atoms with Crippen LogP contribution >= 0.6 is 23.2 Å². The third-order valence-corrected chi connectivity index (χ3v) is 3.99. The van der Waals surface area contributed by atoms with Crippen LogP contribution in [-0.4, -0.2) is 30.8 Å². The van der Waals surface area contributed by atoms with E-state index in [0.29, 0.717) is 22.2 Å². The topological polar surface area (TPSA) is 20.3 Å². The molecule has 0 radical (unpaired) electrons. The molecule has 1 saturated carbocycles. The van der Waals surface area contributed by atoms with E-state index in [9.17, 15) is 4.79 Å². The minimum absolute atomic E-state index is 0.0542. The number of rotatable bonds is 5. The Morgan fingerprint density at radius 2 is 2.11 bits per heavy atom. The van der Waals surface area contributed by atoms with E-state index in [0.717, 1.165) is 12.5 Å². The molecule has 4 heteroatoms. The second-order valence-electron chi connectivity index (χ2n) is 5.04. The predicted octanol–water partition coefficient (Wildman–Crippen LogP) is 3.91. The van der Waals surface area contributed by atoms with E-state index in [1.165, 1.54) is 19.3 Å². The maximum atomic E-state index is 12.1. The van der Waals surface area contributed by atoms with Crippen molar-refractivity contribution < 1.29 is 4.79 Å². The molecule has 2 rings (SSSR count). The van der Waals surface area contributed by atoms with Crippen LogP contribution in [0.1, 0.15) is 29.6 Å². The van der Waals surface area contributed by atoms with Gasteiger partial charge in [0.25, 0.3) is 0 Å². The van der Waals surface area contributed by atoms with Gasteiger partial charge in [-0.2, -0.15) is 0 Å². The van der Waals surface area contributed by atoms with E-state index in [-0.39, 0.29) is 5.78 Å². The predicted molar refractivity (Wildman–Crippen MR) is 75.6 cm³/mol. The van der Waals surface area contributed by atoms with Gasteiger partial charge in [0.05, 0.1) is 11.6 Å². The molecule has 0 heterocycles. The second kappa shape index (κ2) is 6.05. The van der Waals surface area contributed by atoms with Gasteiger partial charge < -0.3 is 0 Å². The molecule has 0 N–H and O–H groups in total. The molecular weight excluding hydrogens is 269 g/mol. The lowest BCUT2D eigenvalue weighted by Crippen LogP contribution is -2.33. The summed E-state index contributed by atoms with van der Waals surface area (Å²) < 4.78 is 0. The molecule has 1 aliphatic rings. The van der Waals surface area contributed by atoms with E-state index in [1.807, 2.05) is 7.05 Å². The molecule has 1 fully saturated rings. The normalized spacial score (nSPS) is 15.8. The zero-order chi connectivity index (χ0) is 13.1. The minimum atomic E-state index is 0.0542. The Kier molecular flexibility index (Phi) is 4.66. The average molecular weight is 286 g/mol. The molecule has 1 aromatic carbocycles. The number of Topliss-reactive ketones (excluding diaryl/α,β-unsaturated/α-hetero) is 1. The van der Waals surface area contributed by atoms with Crippen LogP contribution in [0.2, 0.25) is 10.0 Å². The number of ketones is 1. The SMILES string of the molecule is CN(CC(=O)c1ccc(Cl)cc1Cl)CC1CCC1. The fraction of sp³-hybridized carbons (Fsp3) is 0.500. The fourth-order valence-electron chi connectivity index (χ4n) is 2.23. The molecule has 0 atom stereocenters. The molecule has 0 saturated heterocycles. The number of hydrogen-bond acceptors (Lipinski definition) is 2. The molecule has 1 aliphatic carbocycles. The van der Waals surface area contributed by atoms with Crippen LogP contribution in [0.5, 0.6) is 0 Å². The first-order valence-electron chi connectivity index (χ1n) is 6.23. The largest absolute Gasteiger partial charge is 0.299 e. The van der Waals surface area contributed by atoms with Crippen molar-refractivity contribution in [3.05, 3.63) is 33.8 Å². The van der Waals surface area contributed by atoms with Crippen LogP contribution in [-0.2, 0) is 0 Å². The molecule has 0 aromatic heterocycles. The summed E-state index contributed by atoms with van der Waals surface area (Å²) in [4.78, 5) is 14.2. The number of nitrogens with zero attached hydrogens (tertiary/aromatic N) is 1. The number of carbonyl (C=O) groups is 1. The van der Waals surface area contributed by atoms with Crippen molar-refractivity contribution in [3.8, 4) is 0 Å². The Labute approximate surface area is 118 Å². The standard InChI is InChI=1S/C14H17Cl2NO/c1-17(8-10-3-2-4-10)9-14(18)12-6-5-11(15)7-13(12)16/h5-7,10H,2-4,8-9H2,1H3. The van der Waals surface area contributed by atoms with Gasteiger partial charge in [-0.25, -0.2) is 0 Å². The molecule has 98 valence electrons. The molecule has 1 aromatic rings. The first-order chi connectivity index (χ1) is 8.56. The lowest BCUT2D eigenvalue weighted by atomic mass is 9.85. The second-order valence-corrected chi connectivity index (χ2v) is 5.88. The van der Waals surface area contributed by atoms with Crippen molar-refractivity contribution in [1.29, 1.82) is 0 Å². The summed E-state index contributed by atoms with van der Waals surface area (Å²) >= 11 is 11.8. The van der Waals surface area contributed by atoms with E-state index >= 15 is 0 Å². The first-order valence-corrected chi connectivity index (χ1v) is 6.98. The molecule has 0 bridgehead atoms. The Morgan fingerprint density at radius 3 is 2.67 bits per heavy atom. The zero-order valence-electron chi connectivity index (χ0n) is 10.5. The van der Waals surface area contributed by atoms with Crippen LogP contribution in [0, 0.1) is 5.92 Å². The lowest BCUT2D eigenvalue weighted by Gasteiger charge is -2.29. The van der Waals surface area contributed by atoms with E-state index in [2.05, 4.69) is 4.90 Å². The smallest absolute Gasteiger partial charge is 0.178 e. The van der Waals surface area contributed by atoms with Gasteiger partial charge >= 0.3 is 0 Å². The van der Waals surface area contributed by atoms with Gasteiger partial charge in [-0.1, -0.05) is 29.6 Å². The third kappa shape index (κ3) is 3.47. The number of likely N-dealkylation sites (N-methyl/N-ethyl adjacent to an activating group) is 1. The molecule has 0 amide bonds. The van der Waals surface area contributed by atoms with Gasteiger partial charge in [-0.05, 0) is 44.0 Å². The quantitative estimate of drug-likeness (QED) is 0.765. The van der Waals surface area contributed by atoms with Crippen LogP contribution in [0.4, 0.5) is 0 Å². The maximum Gasteiger partial charge on any atom is 0.178 e. The average Bonchev–Trinajstić information content (AvgIpc) is 2.23. The summed E-state index contributed by atoms with van der Waals surface area (Å²) in [6, 6.07) is 5.01. The van der Waals surface area contributed by atoms with E-state index in [4.69, 9.17) is 23.2 Å². The first kappa shape index (κ1) is 13.9. The van der Waals surface area contributed by atoms with Crippen molar-refractivity contribution in [1.82, 2.24) is 4.90 Å². The summed E-state index contributed by atoms with van der Waals surface area (Å²) in [6.07, 6.45) is 3.91. The Bertz CT molecular complexity index is 443. The van der Waals surface area contributed by atoms with Crippen LogP contribution in [0.3, 0.4) is 0 Å². The molecule has 0 aliphatic heterocycles. The van der Waals surface area contributed by atoms with Crippen molar-refractivity contribution in [2.45, 2.75) is 19.3 Å². The summed E-state index contributed by atoms with van der Waals surface area (Å²) in [6.45, 7) is 1.41. The Hall–Kier alpha value is -0.570. The monoisotopic (exact) mass is 285 g/mol. The van der Waals surface area contributed by atoms with Crippen molar-refractivity contribution in [2.75, 3.05) is 20.1 Å². The summed E-state index contributed by atoms with van der Waals surface area (Å²) in [5.74, 6) is 0.821. The number of hydrogen-bond donors (Lipinski definition) is 0. The summed E-state index contributed by atoms with van der Waals surface area (Å²) in [5, 5.41) is 0.990. The number of carbonyl (C=O) groups excluding carboxylic acids is 1. The number of halogens is 2. The highest BCUT2D eigenvalue weighted by Crippen LogP contribution is 2.27. The molecule has 0 spiro atoms. The van der Waals surface area contributed by atoms with Gasteiger partial charge in [0.1, 0.15) is 0 Å². The van der Waals surface area contributed by atoms with Crippen LogP contribution < -0.4 is 0 Å². The summed E-state index contributed by atoms with van der Waals surface area (Å²) in [5.41, 5.74) is 0.557. The van der Waals surface area contributed by atoms with Gasteiger partial charge in [0.2, 0.25) is 0 Å². The Morgan fingerprint density at radius 1 is 1.39 bits per heavy atom. The van der Waals surface area contributed by atoms with Crippen molar-refractivity contribution in [2.24, 2.45) is 5.92 Å². The molecule has 18 heavy (non-hydrogen) atoms. The maximum absolute atomic E-state index is 12.1. The van der Waals surface area contributed by atoms with Crippen LogP contribution in [0.15, 0.2) is 18.2 Å². The van der Waals surface area contributed by atoms with E-state index < -0.39 is 0 Å². The molecular formula is C14H17Cl2NO. The van der Waals surface area contributed by atoms with Gasteiger partial charge in [0.15, 0.2) is 5.78 Å². The highest BCUT2D eigenvalue weighted by atomic mass is 35.5. The third-order valence-electron chi connectivity index (χ3n) is 3.44. The number of benzene rings is 1. The van der Waals surface area contributed by atoms with Gasteiger partial charge in [-0.15, -0.1) is 0 Å².